The van der Waals surface area contributed by atoms with Gasteiger partial charge in [0.05, 0.1) is 12.8 Å². The number of nitrogen functional groups attached to an aromatic ring is 1. The van der Waals surface area contributed by atoms with E-state index in [1.54, 1.807) is 31.4 Å². The Morgan fingerprint density at radius 2 is 2.05 bits per heavy atom. The minimum atomic E-state index is -3.81. The largest absolute Gasteiger partial charge is 0.496 e. The maximum Gasteiger partial charge on any atom is 0.281 e. The number of aromatic nitrogens is 1. The van der Waals surface area contributed by atoms with Gasteiger partial charge < -0.3 is 10.5 Å². The molecule has 7 heteroatoms. The Kier molecular flexibility index (Phi) is 3.80. The van der Waals surface area contributed by atoms with Crippen molar-refractivity contribution in [1.82, 2.24) is 4.98 Å². The van der Waals surface area contributed by atoms with E-state index < -0.39 is 10.0 Å². The number of anilines is 2. The molecule has 0 radical (unpaired) electrons. The lowest BCUT2D eigenvalue weighted by atomic mass is 10.2. The van der Waals surface area contributed by atoms with Crippen LogP contribution in [-0.4, -0.2) is 20.5 Å². The molecule has 106 valence electrons. The van der Waals surface area contributed by atoms with Crippen LogP contribution in [-0.2, 0) is 10.0 Å². The molecule has 20 heavy (non-hydrogen) atoms. The second kappa shape index (κ2) is 5.38. The molecule has 0 spiro atoms. The maximum absolute atomic E-state index is 12.2. The molecule has 0 bridgehead atoms. The van der Waals surface area contributed by atoms with Crippen LogP contribution in [0.1, 0.15) is 5.56 Å². The van der Waals surface area contributed by atoms with Crippen LogP contribution in [0, 0.1) is 6.92 Å². The molecule has 2 aromatic rings. The molecule has 1 aromatic heterocycles. The third-order valence-corrected chi connectivity index (χ3v) is 4.06. The summed E-state index contributed by atoms with van der Waals surface area (Å²) in [5.41, 5.74) is 6.98. The number of ether oxygens (including phenoxy) is 1. The fraction of sp³-hybridized carbons (Fsp3) is 0.154. The van der Waals surface area contributed by atoms with Crippen LogP contribution < -0.4 is 15.2 Å². The predicted octanol–water partition coefficient (Wildman–Crippen LogP) is 1.78. The average molecular weight is 293 g/mol. The fourth-order valence-corrected chi connectivity index (χ4v) is 2.89. The predicted molar refractivity (Wildman–Crippen MR) is 77.2 cm³/mol. The molecule has 0 saturated heterocycles. The molecule has 0 fully saturated rings. The van der Waals surface area contributed by atoms with E-state index in [-0.39, 0.29) is 10.7 Å². The second-order valence-corrected chi connectivity index (χ2v) is 5.79. The lowest BCUT2D eigenvalue weighted by Gasteiger charge is -2.11. The summed E-state index contributed by atoms with van der Waals surface area (Å²) < 4.78 is 32.0. The Morgan fingerprint density at radius 3 is 2.65 bits per heavy atom. The number of sulfonamides is 1. The topological polar surface area (TPSA) is 94.3 Å². The van der Waals surface area contributed by atoms with Gasteiger partial charge in [0.1, 0.15) is 5.75 Å². The van der Waals surface area contributed by atoms with E-state index in [4.69, 9.17) is 10.5 Å². The van der Waals surface area contributed by atoms with Crippen molar-refractivity contribution >= 4 is 21.4 Å². The average Bonchev–Trinajstić information content (AvgIpc) is 2.38. The van der Waals surface area contributed by atoms with Crippen LogP contribution >= 0.6 is 0 Å². The molecule has 0 aliphatic carbocycles. The minimum absolute atomic E-state index is 0.102. The summed E-state index contributed by atoms with van der Waals surface area (Å²) in [5, 5.41) is -0.187. The third-order valence-electron chi connectivity index (χ3n) is 2.70. The molecule has 1 heterocycles. The summed E-state index contributed by atoms with van der Waals surface area (Å²) in [4.78, 5) is 3.80. The van der Waals surface area contributed by atoms with Gasteiger partial charge in [0.15, 0.2) is 5.03 Å². The minimum Gasteiger partial charge on any atom is -0.496 e. The zero-order valence-corrected chi connectivity index (χ0v) is 11.9. The Balaban J connectivity index is 2.34. The summed E-state index contributed by atoms with van der Waals surface area (Å²) in [7, 11) is -2.25. The standard InChI is InChI=1S/C13H15N3O3S/c1-9-8-10(5-6-12(9)19-2)16-20(17,18)13-11(14)4-3-7-15-13/h3-8,16H,14H2,1-2H3. The van der Waals surface area contributed by atoms with Gasteiger partial charge in [-0.15, -0.1) is 0 Å². The van der Waals surface area contributed by atoms with Crippen LogP contribution in [0.5, 0.6) is 5.75 Å². The van der Waals surface area contributed by atoms with Crippen LogP contribution in [0.2, 0.25) is 0 Å². The van der Waals surface area contributed by atoms with Crippen LogP contribution in [0.4, 0.5) is 11.4 Å². The SMILES string of the molecule is COc1ccc(NS(=O)(=O)c2ncccc2N)cc1C. The molecule has 0 aliphatic rings. The number of nitrogens with two attached hydrogens (primary N) is 1. The van der Waals surface area contributed by atoms with Gasteiger partial charge in [-0.2, -0.15) is 8.42 Å². The highest BCUT2D eigenvalue weighted by molar-refractivity contribution is 7.92. The van der Waals surface area contributed by atoms with E-state index in [1.807, 2.05) is 6.92 Å². The van der Waals surface area contributed by atoms with Gasteiger partial charge in [-0.05, 0) is 42.8 Å². The number of hydrogen-bond donors (Lipinski definition) is 2. The first-order valence-electron chi connectivity index (χ1n) is 5.82. The highest BCUT2D eigenvalue weighted by atomic mass is 32.2. The van der Waals surface area contributed by atoms with E-state index in [0.29, 0.717) is 11.4 Å². The van der Waals surface area contributed by atoms with Crippen LogP contribution in [0.3, 0.4) is 0 Å². The van der Waals surface area contributed by atoms with Gasteiger partial charge in [0.25, 0.3) is 10.0 Å². The molecule has 0 unspecified atom stereocenters. The molecule has 0 atom stereocenters. The van der Waals surface area contributed by atoms with Gasteiger partial charge in [0, 0.05) is 11.9 Å². The van der Waals surface area contributed by atoms with Gasteiger partial charge in [-0.3, -0.25) is 4.72 Å². The van der Waals surface area contributed by atoms with Gasteiger partial charge in [-0.1, -0.05) is 0 Å². The van der Waals surface area contributed by atoms with Crippen LogP contribution in [0.15, 0.2) is 41.6 Å². The first kappa shape index (κ1) is 14.1. The Morgan fingerprint density at radius 1 is 1.30 bits per heavy atom. The molecule has 0 saturated carbocycles. The number of nitrogens with one attached hydrogen (secondary N) is 1. The van der Waals surface area contributed by atoms with Crippen LogP contribution in [0.25, 0.3) is 0 Å². The first-order valence-corrected chi connectivity index (χ1v) is 7.30. The van der Waals surface area contributed by atoms with Gasteiger partial charge in [-0.25, -0.2) is 4.98 Å². The molecular formula is C13H15N3O3S. The fourth-order valence-electron chi connectivity index (χ4n) is 1.77. The van der Waals surface area contributed by atoms with Gasteiger partial charge >= 0.3 is 0 Å². The highest BCUT2D eigenvalue weighted by Crippen LogP contribution is 2.24. The molecule has 6 nitrogen and oxygen atoms in total. The van der Waals surface area contributed by atoms with E-state index >= 15 is 0 Å². The molecule has 3 N–H and O–H groups in total. The molecule has 1 aromatic carbocycles. The number of benzene rings is 1. The van der Waals surface area contributed by atoms with E-state index in [9.17, 15) is 8.42 Å². The van der Waals surface area contributed by atoms with E-state index in [0.717, 1.165) is 5.56 Å². The van der Waals surface area contributed by atoms with E-state index in [2.05, 4.69) is 9.71 Å². The summed E-state index contributed by atoms with van der Waals surface area (Å²) in [6.07, 6.45) is 1.38. The summed E-state index contributed by atoms with van der Waals surface area (Å²) in [6.45, 7) is 1.83. The normalized spacial score (nSPS) is 11.1. The smallest absolute Gasteiger partial charge is 0.281 e. The second-order valence-electron chi connectivity index (χ2n) is 4.19. The summed E-state index contributed by atoms with van der Waals surface area (Å²) in [6, 6.07) is 8.04. The van der Waals surface area contributed by atoms with Crippen molar-refractivity contribution in [2.45, 2.75) is 11.9 Å². The monoisotopic (exact) mass is 293 g/mol. The molecular weight excluding hydrogens is 278 g/mol. The van der Waals surface area contributed by atoms with Crippen molar-refractivity contribution in [3.05, 3.63) is 42.1 Å². The maximum atomic E-state index is 12.2. The quantitative estimate of drug-likeness (QED) is 0.896. The Hall–Kier alpha value is -2.28. The Labute approximate surface area is 117 Å². The number of nitrogens with zero attached hydrogens (tertiary/aromatic N) is 1. The summed E-state index contributed by atoms with van der Waals surface area (Å²) >= 11 is 0. The lowest BCUT2D eigenvalue weighted by molar-refractivity contribution is 0.412. The third kappa shape index (κ3) is 2.83. The number of rotatable bonds is 4. The number of hydrogen-bond acceptors (Lipinski definition) is 5. The number of methoxy groups -OCH3 is 1. The van der Waals surface area contributed by atoms with E-state index in [1.165, 1.54) is 12.3 Å². The number of aryl methyl sites for hydroxylation is 1. The molecule has 2 rings (SSSR count). The lowest BCUT2D eigenvalue weighted by Crippen LogP contribution is -2.16. The van der Waals surface area contributed by atoms with Crippen molar-refractivity contribution in [2.24, 2.45) is 0 Å². The highest BCUT2D eigenvalue weighted by Gasteiger charge is 2.19. The van der Waals surface area contributed by atoms with Gasteiger partial charge in [0.2, 0.25) is 0 Å². The molecule has 0 amide bonds. The van der Waals surface area contributed by atoms with Crippen molar-refractivity contribution in [3.63, 3.8) is 0 Å². The van der Waals surface area contributed by atoms with Crippen molar-refractivity contribution in [2.75, 3.05) is 17.6 Å². The number of pyridine rings is 1. The molecule has 0 aliphatic heterocycles. The first-order chi connectivity index (χ1) is 9.44. The zero-order chi connectivity index (χ0) is 14.8. The van der Waals surface area contributed by atoms with Crippen molar-refractivity contribution in [1.29, 1.82) is 0 Å². The van der Waals surface area contributed by atoms with Crippen molar-refractivity contribution < 1.29 is 13.2 Å². The zero-order valence-electron chi connectivity index (χ0n) is 11.1. The summed E-state index contributed by atoms with van der Waals surface area (Å²) in [5.74, 6) is 0.685. The Bertz CT molecular complexity index is 729. The van der Waals surface area contributed by atoms with Crippen molar-refractivity contribution in [3.8, 4) is 5.75 Å².